The monoisotopic (exact) mass is 247 g/mol. The molecule has 0 spiro atoms. The molecule has 18 heavy (non-hydrogen) atoms. The smallest absolute Gasteiger partial charge is 0.261 e. The van der Waals surface area contributed by atoms with Gasteiger partial charge < -0.3 is 15.1 Å². The summed E-state index contributed by atoms with van der Waals surface area (Å²) in [7, 11) is 1.58. The van der Waals surface area contributed by atoms with E-state index in [1.165, 1.54) is 23.1 Å². The maximum atomic E-state index is 12.1. The summed E-state index contributed by atoms with van der Waals surface area (Å²) in [4.78, 5) is 13.5. The Morgan fingerprint density at radius 3 is 2.61 bits per heavy atom. The molecule has 2 rings (SSSR count). The van der Waals surface area contributed by atoms with Crippen molar-refractivity contribution >= 4 is 5.91 Å². The number of carbonyl (C=O) groups is 1. The molecule has 0 aliphatic rings. The number of aromatic nitrogens is 2. The maximum Gasteiger partial charge on any atom is 0.261 e. The van der Waals surface area contributed by atoms with Crippen molar-refractivity contribution in [2.75, 3.05) is 7.05 Å². The van der Waals surface area contributed by atoms with Gasteiger partial charge in [0.05, 0.1) is 6.20 Å². The molecule has 0 aliphatic heterocycles. The van der Waals surface area contributed by atoms with Crippen LogP contribution in [0.25, 0.3) is 0 Å². The number of amides is 1. The predicted molar refractivity (Wildman–Crippen MR) is 64.2 cm³/mol. The van der Waals surface area contributed by atoms with Gasteiger partial charge in [0.2, 0.25) is 0 Å². The minimum atomic E-state index is -0.452. The number of phenols is 2. The molecule has 1 amide bonds. The zero-order valence-electron chi connectivity index (χ0n) is 9.79. The quantitative estimate of drug-likeness (QED) is 0.757. The first-order chi connectivity index (χ1) is 8.59. The van der Waals surface area contributed by atoms with Gasteiger partial charge >= 0.3 is 0 Å². The Hall–Kier alpha value is -2.50. The van der Waals surface area contributed by atoms with E-state index in [1.54, 1.807) is 19.4 Å². The first-order valence-electron chi connectivity index (χ1n) is 5.33. The highest BCUT2D eigenvalue weighted by molar-refractivity contribution is 5.99. The molecule has 0 radical (unpaired) electrons. The SMILES string of the molecule is CN(Cc1cn[nH]c1)C(=O)c1c(O)cccc1O. The van der Waals surface area contributed by atoms with Gasteiger partial charge in [-0.25, -0.2) is 0 Å². The molecule has 1 aromatic heterocycles. The Morgan fingerprint density at radius 1 is 1.39 bits per heavy atom. The van der Waals surface area contributed by atoms with E-state index in [-0.39, 0.29) is 17.1 Å². The lowest BCUT2D eigenvalue weighted by molar-refractivity contribution is 0.0779. The highest BCUT2D eigenvalue weighted by Gasteiger charge is 2.20. The summed E-state index contributed by atoms with van der Waals surface area (Å²) in [5.41, 5.74) is 0.740. The van der Waals surface area contributed by atoms with Crippen LogP contribution in [-0.4, -0.2) is 38.3 Å². The summed E-state index contributed by atoms with van der Waals surface area (Å²) >= 11 is 0. The van der Waals surface area contributed by atoms with Crippen LogP contribution in [0.2, 0.25) is 0 Å². The first kappa shape index (κ1) is 12.0. The van der Waals surface area contributed by atoms with Crippen LogP contribution in [-0.2, 0) is 6.54 Å². The van der Waals surface area contributed by atoms with Gasteiger partial charge in [-0.05, 0) is 12.1 Å². The van der Waals surface area contributed by atoms with E-state index in [4.69, 9.17) is 0 Å². The van der Waals surface area contributed by atoms with Crippen LogP contribution < -0.4 is 0 Å². The molecule has 0 saturated heterocycles. The minimum Gasteiger partial charge on any atom is -0.507 e. The van der Waals surface area contributed by atoms with Crippen LogP contribution >= 0.6 is 0 Å². The van der Waals surface area contributed by atoms with Gasteiger partial charge in [0.25, 0.3) is 5.91 Å². The fraction of sp³-hybridized carbons (Fsp3) is 0.167. The number of benzene rings is 1. The van der Waals surface area contributed by atoms with Crippen LogP contribution in [0.1, 0.15) is 15.9 Å². The van der Waals surface area contributed by atoms with Gasteiger partial charge in [0, 0.05) is 25.4 Å². The second-order valence-electron chi connectivity index (χ2n) is 3.94. The summed E-state index contributed by atoms with van der Waals surface area (Å²) in [6.45, 7) is 0.336. The summed E-state index contributed by atoms with van der Waals surface area (Å²) in [6.07, 6.45) is 3.28. The summed E-state index contributed by atoms with van der Waals surface area (Å²) in [5, 5.41) is 25.7. The lowest BCUT2D eigenvalue weighted by Crippen LogP contribution is -2.26. The molecule has 0 atom stereocenters. The number of carbonyl (C=O) groups excluding carboxylic acids is 1. The number of hydrogen-bond donors (Lipinski definition) is 3. The highest BCUT2D eigenvalue weighted by atomic mass is 16.3. The Kier molecular flexibility index (Phi) is 3.18. The van der Waals surface area contributed by atoms with E-state index >= 15 is 0 Å². The molecule has 0 bridgehead atoms. The van der Waals surface area contributed by atoms with E-state index in [9.17, 15) is 15.0 Å². The Morgan fingerprint density at radius 2 is 2.06 bits per heavy atom. The van der Waals surface area contributed by atoms with Crippen molar-refractivity contribution in [3.05, 3.63) is 41.7 Å². The highest BCUT2D eigenvalue weighted by Crippen LogP contribution is 2.27. The number of nitrogens with zero attached hydrogens (tertiary/aromatic N) is 2. The number of hydrogen-bond acceptors (Lipinski definition) is 4. The van der Waals surface area contributed by atoms with Crippen molar-refractivity contribution in [1.29, 1.82) is 0 Å². The molecule has 6 nitrogen and oxygen atoms in total. The van der Waals surface area contributed by atoms with Gasteiger partial charge in [-0.2, -0.15) is 5.10 Å². The third-order valence-electron chi connectivity index (χ3n) is 2.56. The van der Waals surface area contributed by atoms with Crippen molar-refractivity contribution in [2.45, 2.75) is 6.54 Å². The molecular formula is C12H13N3O3. The maximum absolute atomic E-state index is 12.1. The van der Waals surface area contributed by atoms with E-state index in [0.717, 1.165) is 5.56 Å². The molecule has 94 valence electrons. The summed E-state index contributed by atoms with van der Waals surface area (Å²) in [6, 6.07) is 4.19. The lowest BCUT2D eigenvalue weighted by Gasteiger charge is -2.17. The normalized spacial score (nSPS) is 10.3. The predicted octanol–water partition coefficient (Wildman–Crippen LogP) is 1.09. The third kappa shape index (κ3) is 2.27. The molecular weight excluding hydrogens is 234 g/mol. The molecule has 6 heteroatoms. The Labute approximate surface area is 103 Å². The minimum absolute atomic E-state index is 0.0940. The molecule has 0 fully saturated rings. The second kappa shape index (κ2) is 4.79. The third-order valence-corrected chi connectivity index (χ3v) is 2.56. The van der Waals surface area contributed by atoms with Gasteiger partial charge in [0.15, 0.2) is 0 Å². The molecule has 0 unspecified atom stereocenters. The number of nitrogens with one attached hydrogen (secondary N) is 1. The van der Waals surface area contributed by atoms with Crippen LogP contribution in [0.5, 0.6) is 11.5 Å². The van der Waals surface area contributed by atoms with Gasteiger partial charge in [-0.15, -0.1) is 0 Å². The fourth-order valence-corrected chi connectivity index (χ4v) is 1.65. The molecule has 2 aromatic rings. The van der Waals surface area contributed by atoms with Crippen molar-refractivity contribution < 1.29 is 15.0 Å². The average Bonchev–Trinajstić information content (AvgIpc) is 2.81. The lowest BCUT2D eigenvalue weighted by atomic mass is 10.1. The van der Waals surface area contributed by atoms with Crippen LogP contribution in [0.4, 0.5) is 0 Å². The number of rotatable bonds is 3. The van der Waals surface area contributed by atoms with Gasteiger partial charge in [-0.1, -0.05) is 6.07 Å². The van der Waals surface area contributed by atoms with Crippen LogP contribution in [0.3, 0.4) is 0 Å². The molecule has 0 saturated carbocycles. The summed E-state index contributed by atoms with van der Waals surface area (Å²) < 4.78 is 0. The van der Waals surface area contributed by atoms with Crippen LogP contribution in [0.15, 0.2) is 30.6 Å². The van der Waals surface area contributed by atoms with Crippen LogP contribution in [0, 0.1) is 0 Å². The van der Waals surface area contributed by atoms with Gasteiger partial charge in [-0.3, -0.25) is 9.89 Å². The topological polar surface area (TPSA) is 89.5 Å². The van der Waals surface area contributed by atoms with Crippen molar-refractivity contribution in [3.63, 3.8) is 0 Å². The van der Waals surface area contributed by atoms with E-state index in [1.807, 2.05) is 0 Å². The van der Waals surface area contributed by atoms with E-state index in [0.29, 0.717) is 6.54 Å². The zero-order chi connectivity index (χ0) is 13.1. The van der Waals surface area contributed by atoms with E-state index in [2.05, 4.69) is 10.2 Å². The molecule has 1 heterocycles. The molecule has 0 aliphatic carbocycles. The fourth-order valence-electron chi connectivity index (χ4n) is 1.65. The Bertz CT molecular complexity index is 531. The number of aromatic amines is 1. The first-order valence-corrected chi connectivity index (χ1v) is 5.33. The average molecular weight is 247 g/mol. The molecule has 3 N–H and O–H groups in total. The van der Waals surface area contributed by atoms with Gasteiger partial charge in [0.1, 0.15) is 17.1 Å². The molecule has 1 aromatic carbocycles. The summed E-state index contributed by atoms with van der Waals surface area (Å²) in [5.74, 6) is -0.926. The van der Waals surface area contributed by atoms with Crippen molar-refractivity contribution in [1.82, 2.24) is 15.1 Å². The second-order valence-corrected chi connectivity index (χ2v) is 3.94. The largest absolute Gasteiger partial charge is 0.507 e. The van der Waals surface area contributed by atoms with Crippen molar-refractivity contribution in [2.24, 2.45) is 0 Å². The standard InChI is InChI=1S/C12H13N3O3/c1-15(7-8-5-13-14-6-8)12(18)11-9(16)3-2-4-10(11)17/h2-6,16-17H,7H2,1H3,(H,13,14). The van der Waals surface area contributed by atoms with Crippen molar-refractivity contribution in [3.8, 4) is 11.5 Å². The number of phenolic OH excluding ortho intramolecular Hbond substituents is 2. The van der Waals surface area contributed by atoms with E-state index < -0.39 is 5.91 Å². The number of H-pyrrole nitrogens is 1. The number of aromatic hydroxyl groups is 2. The Balaban J connectivity index is 2.21. The zero-order valence-corrected chi connectivity index (χ0v) is 9.79.